The molecule has 1 aliphatic heterocycles. The number of esters is 1. The van der Waals surface area contributed by atoms with Gasteiger partial charge in [-0.2, -0.15) is 5.26 Å². The Balaban J connectivity index is 1.46. The van der Waals surface area contributed by atoms with Gasteiger partial charge in [0.2, 0.25) is 0 Å². The fourth-order valence-corrected chi connectivity index (χ4v) is 6.91. The Morgan fingerprint density at radius 3 is 2.48 bits per heavy atom. The molecule has 6 rings (SSSR count). The number of aromatic nitrogens is 1. The third-order valence-electron chi connectivity index (χ3n) is 7.81. The lowest BCUT2D eigenvalue weighted by molar-refractivity contribution is -0.138. The van der Waals surface area contributed by atoms with Crippen LogP contribution in [-0.4, -0.2) is 30.5 Å². The molecular weight excluding hydrogens is 643 g/mol. The number of fused-ring (bicyclic) bond motifs is 1. The van der Waals surface area contributed by atoms with Crippen LogP contribution in [-0.2, 0) is 16.1 Å². The average molecular weight is 674 g/mol. The number of hydrogen-bond donors (Lipinski definition) is 0. The molecule has 0 spiro atoms. The number of nitrogens with zero attached hydrogens (tertiary/aromatic N) is 3. The summed E-state index contributed by atoms with van der Waals surface area (Å²) in [7, 11) is 1.55. The number of rotatable bonds is 10. The van der Waals surface area contributed by atoms with E-state index in [0.717, 1.165) is 27.1 Å². The minimum atomic E-state index is -0.754. The maximum Gasteiger partial charge on any atom is 0.338 e. The van der Waals surface area contributed by atoms with Crippen molar-refractivity contribution in [3.8, 4) is 17.6 Å². The number of nitriles is 1. The minimum Gasteiger partial charge on any atom is -0.493 e. The van der Waals surface area contributed by atoms with Crippen LogP contribution in [0, 0.1) is 11.3 Å². The number of thioether (sulfide) groups is 1. The zero-order valence-corrected chi connectivity index (χ0v) is 28.1. The summed E-state index contributed by atoms with van der Waals surface area (Å²) >= 11 is 2.87. The Morgan fingerprint density at radius 1 is 1.02 bits per heavy atom. The number of benzene rings is 4. The van der Waals surface area contributed by atoms with E-state index in [1.165, 1.54) is 11.3 Å². The zero-order chi connectivity index (χ0) is 33.6. The molecule has 0 N–H and O–H groups in total. The monoisotopic (exact) mass is 673 g/mol. The number of carbonyl (C=O) groups is 1. The molecule has 8 nitrogen and oxygen atoms in total. The minimum absolute atomic E-state index is 0.180. The van der Waals surface area contributed by atoms with Gasteiger partial charge in [-0.25, -0.2) is 9.79 Å². The lowest BCUT2D eigenvalue weighted by atomic mass is 9.93. The van der Waals surface area contributed by atoms with E-state index in [1.54, 1.807) is 54.6 Å². The van der Waals surface area contributed by atoms with Crippen molar-refractivity contribution in [2.45, 2.75) is 24.5 Å². The Labute approximate surface area is 285 Å². The number of thiazole rings is 1. The fourth-order valence-electron chi connectivity index (χ4n) is 5.50. The summed E-state index contributed by atoms with van der Waals surface area (Å²) in [5.41, 5.74) is 4.05. The van der Waals surface area contributed by atoms with Crippen LogP contribution in [0.25, 0.3) is 11.8 Å². The average Bonchev–Trinajstić information content (AvgIpc) is 3.44. The van der Waals surface area contributed by atoms with Crippen LogP contribution >= 0.6 is 23.1 Å². The fraction of sp³-hybridized carbons (Fsp3) is 0.158. The molecule has 1 aromatic heterocycles. The van der Waals surface area contributed by atoms with Gasteiger partial charge in [-0.1, -0.05) is 78.1 Å². The van der Waals surface area contributed by atoms with Crippen LogP contribution in [0.3, 0.4) is 0 Å². The molecule has 0 radical (unpaired) electrons. The quantitative estimate of drug-likeness (QED) is 0.130. The normalized spacial score (nSPS) is 14.1. The molecule has 48 heavy (non-hydrogen) atoms. The molecule has 1 aliphatic rings. The van der Waals surface area contributed by atoms with E-state index in [0.29, 0.717) is 37.7 Å². The Bertz CT molecular complexity index is 2230. The predicted octanol–water partition coefficient (Wildman–Crippen LogP) is 6.12. The van der Waals surface area contributed by atoms with Crippen molar-refractivity contribution in [1.29, 1.82) is 5.26 Å². The lowest BCUT2D eigenvalue weighted by Crippen LogP contribution is -2.40. The highest BCUT2D eigenvalue weighted by Crippen LogP contribution is 2.36. The van der Waals surface area contributed by atoms with E-state index in [4.69, 9.17) is 19.2 Å². The van der Waals surface area contributed by atoms with Crippen LogP contribution in [0.2, 0.25) is 0 Å². The molecule has 5 aromatic rings. The van der Waals surface area contributed by atoms with Crippen LogP contribution < -0.4 is 24.4 Å². The standard InChI is InChI=1S/C38H31N3O5S2/c1-4-45-37(43)33-34(25-10-6-5-7-11-25)40-38-41(35(33)26-15-17-29(47-3)18-16-26)36(42)32(48-38)21-24-14-19-30(31(20-24)44-2)46-23-28-13-9-8-12-27(28)22-39/h5-21,35H,4,23H2,1-3H3/b32-21-/t35-/m0/s1. The third-order valence-corrected chi connectivity index (χ3v) is 9.54. The highest BCUT2D eigenvalue weighted by atomic mass is 32.2. The summed E-state index contributed by atoms with van der Waals surface area (Å²) < 4.78 is 19.2. The molecule has 0 saturated heterocycles. The second-order valence-corrected chi connectivity index (χ2v) is 12.6. The van der Waals surface area contributed by atoms with Crippen LogP contribution in [0.5, 0.6) is 11.5 Å². The summed E-state index contributed by atoms with van der Waals surface area (Å²) in [4.78, 5) is 34.4. The number of carbonyl (C=O) groups excluding carboxylic acids is 1. The molecule has 0 saturated carbocycles. The molecule has 0 bridgehead atoms. The highest BCUT2D eigenvalue weighted by molar-refractivity contribution is 7.98. The number of methoxy groups -OCH3 is 1. The van der Waals surface area contributed by atoms with Gasteiger partial charge in [0.1, 0.15) is 6.61 Å². The highest BCUT2D eigenvalue weighted by Gasteiger charge is 2.35. The second-order valence-electron chi connectivity index (χ2n) is 10.7. The van der Waals surface area contributed by atoms with Crippen molar-refractivity contribution >= 4 is 40.8 Å². The SMILES string of the molecule is CCOC(=O)C1=C(c2ccccc2)N=c2s/c(=C\c3ccc(OCc4ccccc4C#N)c(OC)c3)c(=O)n2[C@H]1c1ccc(SC)cc1. The van der Waals surface area contributed by atoms with E-state index in [2.05, 4.69) is 6.07 Å². The van der Waals surface area contributed by atoms with E-state index in [1.807, 2.05) is 85.1 Å². The van der Waals surface area contributed by atoms with Gasteiger partial charge in [-0.3, -0.25) is 9.36 Å². The van der Waals surface area contributed by atoms with E-state index >= 15 is 0 Å². The Hall–Kier alpha value is -5.37. The van der Waals surface area contributed by atoms with Gasteiger partial charge in [0.25, 0.3) is 5.56 Å². The molecule has 4 aromatic carbocycles. The largest absolute Gasteiger partial charge is 0.493 e. The number of hydrogen-bond acceptors (Lipinski definition) is 9. The summed E-state index contributed by atoms with van der Waals surface area (Å²) in [6.07, 6.45) is 3.78. The third kappa shape index (κ3) is 6.56. The van der Waals surface area contributed by atoms with E-state index in [-0.39, 0.29) is 18.8 Å². The van der Waals surface area contributed by atoms with Gasteiger partial charge >= 0.3 is 5.97 Å². The van der Waals surface area contributed by atoms with Gasteiger partial charge < -0.3 is 14.2 Å². The van der Waals surface area contributed by atoms with Crippen molar-refractivity contribution in [1.82, 2.24) is 4.57 Å². The lowest BCUT2D eigenvalue weighted by Gasteiger charge is -2.26. The number of ether oxygens (including phenoxy) is 3. The van der Waals surface area contributed by atoms with Crippen molar-refractivity contribution < 1.29 is 19.0 Å². The van der Waals surface area contributed by atoms with Crippen molar-refractivity contribution in [3.05, 3.63) is 150 Å². The maximum atomic E-state index is 14.3. The molecule has 2 heterocycles. The summed E-state index contributed by atoms with van der Waals surface area (Å²) in [5.74, 6) is 0.462. The first-order valence-corrected chi connectivity index (χ1v) is 17.2. The Morgan fingerprint density at radius 2 is 1.77 bits per heavy atom. The van der Waals surface area contributed by atoms with Crippen molar-refractivity contribution in [3.63, 3.8) is 0 Å². The summed E-state index contributed by atoms with van der Waals surface area (Å²) in [6, 6.07) is 31.4. The summed E-state index contributed by atoms with van der Waals surface area (Å²) in [6.45, 7) is 2.13. The van der Waals surface area contributed by atoms with Gasteiger partial charge in [-0.05, 0) is 60.7 Å². The van der Waals surface area contributed by atoms with Crippen LogP contribution in [0.15, 0.2) is 117 Å². The van der Waals surface area contributed by atoms with E-state index in [9.17, 15) is 14.9 Å². The molecule has 0 unspecified atom stereocenters. The molecule has 10 heteroatoms. The molecule has 0 amide bonds. The van der Waals surface area contributed by atoms with Gasteiger partial charge in [-0.15, -0.1) is 11.8 Å². The van der Waals surface area contributed by atoms with Crippen LogP contribution in [0.1, 0.15) is 40.8 Å². The zero-order valence-electron chi connectivity index (χ0n) is 26.5. The first kappa shape index (κ1) is 32.6. The molecule has 0 aliphatic carbocycles. The van der Waals surface area contributed by atoms with E-state index < -0.39 is 12.0 Å². The van der Waals surface area contributed by atoms with Gasteiger partial charge in [0.05, 0.1) is 47.2 Å². The second kappa shape index (κ2) is 14.6. The van der Waals surface area contributed by atoms with Crippen molar-refractivity contribution in [2.24, 2.45) is 4.99 Å². The first-order valence-electron chi connectivity index (χ1n) is 15.2. The molecule has 1 atom stereocenters. The maximum absolute atomic E-state index is 14.3. The summed E-state index contributed by atoms with van der Waals surface area (Å²) in [5, 5.41) is 9.42. The first-order chi connectivity index (χ1) is 23.4. The smallest absolute Gasteiger partial charge is 0.338 e. The Kier molecular flexibility index (Phi) is 9.90. The van der Waals surface area contributed by atoms with Gasteiger partial charge in [0.15, 0.2) is 16.3 Å². The molecule has 0 fully saturated rings. The van der Waals surface area contributed by atoms with Crippen molar-refractivity contribution in [2.75, 3.05) is 20.0 Å². The van der Waals surface area contributed by atoms with Gasteiger partial charge in [0, 0.05) is 16.0 Å². The van der Waals surface area contributed by atoms with Crippen LogP contribution in [0.4, 0.5) is 0 Å². The predicted molar refractivity (Wildman–Crippen MR) is 188 cm³/mol. The topological polar surface area (TPSA) is 103 Å². The molecule has 240 valence electrons. The molecular formula is C38H31N3O5S2.